The highest BCUT2D eigenvalue weighted by molar-refractivity contribution is 5.89. The zero-order valence-electron chi connectivity index (χ0n) is 13.5. The number of piperidine rings is 1. The third-order valence-electron chi connectivity index (χ3n) is 4.19. The first-order valence-electron chi connectivity index (χ1n) is 8.03. The maximum Gasteiger partial charge on any atom is 0.337 e. The first-order chi connectivity index (χ1) is 10.6. The summed E-state index contributed by atoms with van der Waals surface area (Å²) in [6.45, 7) is 5.10. The lowest BCUT2D eigenvalue weighted by atomic mass is 10.0. The number of nitrogens with one attached hydrogen (secondary N) is 1. The SMILES string of the molecule is COC(=O)c1ccc(N(CC[C@@H](C)N)C2CCNCC2)cc1. The molecule has 5 heteroatoms. The predicted octanol–water partition coefficient (Wildman–Crippen LogP) is 1.77. The van der Waals surface area contributed by atoms with Crippen LogP contribution in [0.1, 0.15) is 36.5 Å². The quantitative estimate of drug-likeness (QED) is 0.784. The van der Waals surface area contributed by atoms with Crippen molar-refractivity contribution in [1.82, 2.24) is 5.32 Å². The molecule has 1 saturated heterocycles. The molecule has 5 nitrogen and oxygen atoms in total. The minimum absolute atomic E-state index is 0.193. The Bertz CT molecular complexity index is 467. The van der Waals surface area contributed by atoms with E-state index in [1.807, 2.05) is 31.2 Å². The summed E-state index contributed by atoms with van der Waals surface area (Å²) in [4.78, 5) is 14.0. The maximum atomic E-state index is 11.6. The van der Waals surface area contributed by atoms with Gasteiger partial charge >= 0.3 is 5.97 Å². The van der Waals surface area contributed by atoms with Crippen LogP contribution in [0.3, 0.4) is 0 Å². The number of hydrogen-bond acceptors (Lipinski definition) is 5. The molecule has 0 aliphatic carbocycles. The molecule has 1 atom stereocenters. The van der Waals surface area contributed by atoms with Gasteiger partial charge < -0.3 is 20.7 Å². The Labute approximate surface area is 132 Å². The average Bonchev–Trinajstić information content (AvgIpc) is 2.55. The largest absolute Gasteiger partial charge is 0.465 e. The van der Waals surface area contributed by atoms with Gasteiger partial charge in [0.05, 0.1) is 12.7 Å². The van der Waals surface area contributed by atoms with Gasteiger partial charge in [0.25, 0.3) is 0 Å². The van der Waals surface area contributed by atoms with Crippen molar-refractivity contribution in [2.75, 3.05) is 31.6 Å². The number of rotatable bonds is 6. The molecule has 0 amide bonds. The van der Waals surface area contributed by atoms with Gasteiger partial charge in [-0.05, 0) is 63.5 Å². The lowest BCUT2D eigenvalue weighted by Crippen LogP contribution is -2.44. The van der Waals surface area contributed by atoms with Gasteiger partial charge in [0.15, 0.2) is 0 Å². The van der Waals surface area contributed by atoms with Crippen LogP contribution in [0, 0.1) is 0 Å². The molecule has 0 spiro atoms. The Morgan fingerprint density at radius 1 is 1.36 bits per heavy atom. The summed E-state index contributed by atoms with van der Waals surface area (Å²) in [5.74, 6) is -0.296. The molecule has 1 fully saturated rings. The Morgan fingerprint density at radius 3 is 2.55 bits per heavy atom. The molecule has 1 aromatic rings. The maximum absolute atomic E-state index is 11.6. The van der Waals surface area contributed by atoms with E-state index in [-0.39, 0.29) is 12.0 Å². The molecule has 1 heterocycles. The van der Waals surface area contributed by atoms with Crippen molar-refractivity contribution < 1.29 is 9.53 Å². The first-order valence-corrected chi connectivity index (χ1v) is 8.03. The second-order valence-electron chi connectivity index (χ2n) is 5.98. The van der Waals surface area contributed by atoms with Gasteiger partial charge in [0, 0.05) is 24.3 Å². The van der Waals surface area contributed by atoms with Gasteiger partial charge in [-0.3, -0.25) is 0 Å². The number of methoxy groups -OCH3 is 1. The van der Waals surface area contributed by atoms with Crippen molar-refractivity contribution >= 4 is 11.7 Å². The van der Waals surface area contributed by atoms with E-state index in [1.165, 1.54) is 7.11 Å². The summed E-state index contributed by atoms with van der Waals surface area (Å²) in [6, 6.07) is 8.41. The Hall–Kier alpha value is -1.59. The molecule has 1 aromatic carbocycles. The van der Waals surface area contributed by atoms with Crippen molar-refractivity contribution in [3.8, 4) is 0 Å². The molecule has 0 bridgehead atoms. The number of ether oxygens (including phenoxy) is 1. The van der Waals surface area contributed by atoms with Crippen LogP contribution < -0.4 is 16.0 Å². The van der Waals surface area contributed by atoms with Crippen LogP contribution in [0.2, 0.25) is 0 Å². The Morgan fingerprint density at radius 2 is 2.00 bits per heavy atom. The Kier molecular flexibility index (Phi) is 6.21. The number of nitrogens with two attached hydrogens (primary N) is 1. The standard InChI is InChI=1S/C17H27N3O2/c1-13(18)9-12-20(16-7-10-19-11-8-16)15-5-3-14(4-6-15)17(21)22-2/h3-6,13,16,19H,7-12,18H2,1-2H3/t13-/m1/s1. The normalized spacial score (nSPS) is 17.0. The van der Waals surface area contributed by atoms with Crippen LogP contribution >= 0.6 is 0 Å². The fraction of sp³-hybridized carbons (Fsp3) is 0.588. The molecule has 0 unspecified atom stereocenters. The number of nitrogens with zero attached hydrogens (tertiary/aromatic N) is 1. The smallest absolute Gasteiger partial charge is 0.337 e. The summed E-state index contributed by atoms with van der Waals surface area (Å²) < 4.78 is 4.75. The van der Waals surface area contributed by atoms with Crippen molar-refractivity contribution in [1.29, 1.82) is 0 Å². The van der Waals surface area contributed by atoms with Gasteiger partial charge in [0.1, 0.15) is 0 Å². The number of carbonyl (C=O) groups excluding carboxylic acids is 1. The van der Waals surface area contributed by atoms with Crippen LogP contribution in [0.25, 0.3) is 0 Å². The van der Waals surface area contributed by atoms with E-state index in [0.717, 1.165) is 44.6 Å². The number of esters is 1. The molecule has 22 heavy (non-hydrogen) atoms. The summed E-state index contributed by atoms with van der Waals surface area (Å²) in [6.07, 6.45) is 3.23. The van der Waals surface area contributed by atoms with Crippen molar-refractivity contribution in [2.45, 2.75) is 38.3 Å². The molecule has 1 aliphatic rings. The van der Waals surface area contributed by atoms with Crippen LogP contribution in [0.4, 0.5) is 5.69 Å². The van der Waals surface area contributed by atoms with Crippen LogP contribution in [0.5, 0.6) is 0 Å². The fourth-order valence-electron chi connectivity index (χ4n) is 2.89. The Balaban J connectivity index is 2.14. The van der Waals surface area contributed by atoms with E-state index < -0.39 is 0 Å². The number of benzene rings is 1. The second kappa shape index (κ2) is 8.15. The third-order valence-corrected chi connectivity index (χ3v) is 4.19. The van der Waals surface area contributed by atoms with Crippen molar-refractivity contribution in [3.05, 3.63) is 29.8 Å². The monoisotopic (exact) mass is 305 g/mol. The summed E-state index contributed by atoms with van der Waals surface area (Å²) >= 11 is 0. The molecule has 0 radical (unpaired) electrons. The molecule has 2 rings (SSSR count). The molecule has 1 aliphatic heterocycles. The lowest BCUT2D eigenvalue weighted by Gasteiger charge is -2.37. The van der Waals surface area contributed by atoms with E-state index in [9.17, 15) is 4.79 Å². The zero-order chi connectivity index (χ0) is 15.9. The molecule has 3 N–H and O–H groups in total. The number of anilines is 1. The summed E-state index contributed by atoms with van der Waals surface area (Å²) in [5, 5.41) is 3.41. The first kappa shape index (κ1) is 16.8. The van der Waals surface area contributed by atoms with E-state index in [0.29, 0.717) is 11.6 Å². The highest BCUT2D eigenvalue weighted by Gasteiger charge is 2.21. The van der Waals surface area contributed by atoms with Gasteiger partial charge in [-0.25, -0.2) is 4.79 Å². The van der Waals surface area contributed by atoms with Crippen LogP contribution in [-0.4, -0.2) is 44.8 Å². The molecule has 0 saturated carbocycles. The van der Waals surface area contributed by atoms with E-state index >= 15 is 0 Å². The van der Waals surface area contributed by atoms with E-state index in [1.54, 1.807) is 0 Å². The molecular formula is C17H27N3O2. The average molecular weight is 305 g/mol. The van der Waals surface area contributed by atoms with E-state index in [4.69, 9.17) is 10.5 Å². The highest BCUT2D eigenvalue weighted by atomic mass is 16.5. The van der Waals surface area contributed by atoms with Gasteiger partial charge in [-0.15, -0.1) is 0 Å². The number of hydrogen-bond donors (Lipinski definition) is 2. The number of carbonyl (C=O) groups is 1. The minimum atomic E-state index is -0.296. The minimum Gasteiger partial charge on any atom is -0.465 e. The zero-order valence-corrected chi connectivity index (χ0v) is 13.5. The topological polar surface area (TPSA) is 67.6 Å². The van der Waals surface area contributed by atoms with Crippen LogP contribution in [-0.2, 0) is 4.74 Å². The predicted molar refractivity (Wildman–Crippen MR) is 89.3 cm³/mol. The lowest BCUT2D eigenvalue weighted by molar-refractivity contribution is 0.0601. The fourth-order valence-corrected chi connectivity index (χ4v) is 2.89. The molecular weight excluding hydrogens is 278 g/mol. The van der Waals surface area contributed by atoms with E-state index in [2.05, 4.69) is 10.2 Å². The third kappa shape index (κ3) is 4.45. The van der Waals surface area contributed by atoms with Crippen molar-refractivity contribution in [3.63, 3.8) is 0 Å². The summed E-state index contributed by atoms with van der Waals surface area (Å²) in [7, 11) is 1.40. The van der Waals surface area contributed by atoms with Crippen molar-refractivity contribution in [2.24, 2.45) is 5.73 Å². The second-order valence-corrected chi connectivity index (χ2v) is 5.98. The van der Waals surface area contributed by atoms with Gasteiger partial charge in [-0.2, -0.15) is 0 Å². The van der Waals surface area contributed by atoms with Gasteiger partial charge in [-0.1, -0.05) is 0 Å². The molecule has 0 aromatic heterocycles. The van der Waals surface area contributed by atoms with Crippen LogP contribution in [0.15, 0.2) is 24.3 Å². The van der Waals surface area contributed by atoms with Gasteiger partial charge in [0.2, 0.25) is 0 Å². The highest BCUT2D eigenvalue weighted by Crippen LogP contribution is 2.23. The summed E-state index contributed by atoms with van der Waals surface area (Å²) in [5.41, 5.74) is 7.67. The molecule has 122 valence electrons.